The molecule has 316 valence electrons. The lowest BCUT2D eigenvalue weighted by Crippen LogP contribution is -2.57. The van der Waals surface area contributed by atoms with Crippen LogP contribution in [-0.4, -0.2) is 140 Å². The van der Waals surface area contributed by atoms with Gasteiger partial charge in [-0.2, -0.15) is 0 Å². The monoisotopic (exact) mass is 794 g/mol. The van der Waals surface area contributed by atoms with Crippen molar-refractivity contribution in [3.05, 3.63) is 23.5 Å². The molecule has 0 aromatic rings. The number of hydrogen-bond donors (Lipinski definition) is 3. The van der Waals surface area contributed by atoms with Crippen LogP contribution in [0.4, 0.5) is 0 Å². The number of fused-ring (bicyclic) bond motifs is 3. The Kier molecular flexibility index (Phi) is 11.7. The fourth-order valence-corrected chi connectivity index (χ4v) is 11.1. The summed E-state index contributed by atoms with van der Waals surface area (Å²) in [6.07, 6.45) is -0.916. The summed E-state index contributed by atoms with van der Waals surface area (Å²) in [6.45, 7) is 9.89. The number of rotatable bonds is 8. The first-order chi connectivity index (χ1) is 26.7. The normalized spacial score (nSPS) is 51.9. The molecule has 0 aromatic carbocycles. The van der Waals surface area contributed by atoms with Gasteiger partial charge in [0.15, 0.2) is 18.9 Å². The predicted octanol–water partition coefficient (Wildman–Crippen LogP) is 3.00. The van der Waals surface area contributed by atoms with Crippen LogP contribution in [0.1, 0.15) is 86.0 Å². The molecule has 0 bridgehead atoms. The van der Waals surface area contributed by atoms with Gasteiger partial charge in [-0.15, -0.1) is 0 Å². The molecule has 15 nitrogen and oxygen atoms in total. The highest BCUT2D eigenvalue weighted by atomic mass is 16.7. The van der Waals surface area contributed by atoms with Crippen molar-refractivity contribution in [3.63, 3.8) is 0 Å². The predicted molar refractivity (Wildman–Crippen MR) is 194 cm³/mol. The summed E-state index contributed by atoms with van der Waals surface area (Å²) in [5, 5.41) is 33.2. The SMILES string of the molecule is CO[C@@H]1C[C@H](O[C@H]2[C@@H](O)C[C@H](O[C@@H]3[C@H](C)O[C@H](O[C@H]4CC5=CC[C@H]6C(=O)O[C@@H]7CO[C@]8(C)OC=C(CC[C@@H]6[C@]5(C)C[C@H]4O)[C@H]78)C[C@H]3OC)O[C@@H]2C)O[C@@H](C)[C@@H]1O. The lowest BCUT2D eigenvalue weighted by Gasteiger charge is -2.52. The standard InChI is InChI=1S/C41H62O15/c1-19-36(44)29(46-6)14-34(50-19)55-37-20(2)51-32(13-26(37)42)56-38-21(3)52-33(15-30(38)47-7)53-28-12-23-9-10-24-25(40(23,4)16-27(28)43)11-8-22-17-48-41(5)35(22)31(18-49-41)54-39(24)45/h9,17,19-21,24-38,42-44H,8,10-16,18H2,1-7H3/t19-,20+,21-,24+,25-,26-,27+,28-,29+,30+,31+,32-,33+,34-,35+,36-,37+,38+,40+,41-/m0/s1. The molecule has 2 aliphatic carbocycles. The van der Waals surface area contributed by atoms with Crippen molar-refractivity contribution in [3.8, 4) is 0 Å². The topological polar surface area (TPSA) is 179 Å². The molecule has 6 heterocycles. The van der Waals surface area contributed by atoms with Crippen LogP contribution in [-0.2, 0) is 56.9 Å². The van der Waals surface area contributed by atoms with Gasteiger partial charge in [0.05, 0.1) is 73.5 Å². The van der Waals surface area contributed by atoms with E-state index in [1.807, 2.05) is 20.8 Å². The molecule has 8 aliphatic rings. The summed E-state index contributed by atoms with van der Waals surface area (Å²) < 4.78 is 66.9. The van der Waals surface area contributed by atoms with E-state index in [0.29, 0.717) is 38.7 Å². The Bertz CT molecular complexity index is 1480. The van der Waals surface area contributed by atoms with E-state index >= 15 is 0 Å². The number of carbonyl (C=O) groups is 1. The van der Waals surface area contributed by atoms with Gasteiger partial charge in [0, 0.05) is 40.4 Å². The van der Waals surface area contributed by atoms with E-state index in [1.165, 1.54) is 5.57 Å². The first-order valence-corrected chi connectivity index (χ1v) is 20.6. The maximum Gasteiger partial charge on any atom is 0.309 e. The molecule has 0 radical (unpaired) electrons. The van der Waals surface area contributed by atoms with E-state index in [4.69, 9.17) is 52.1 Å². The number of ether oxygens (including phenoxy) is 11. The molecule has 6 fully saturated rings. The van der Waals surface area contributed by atoms with Crippen molar-refractivity contribution < 1.29 is 72.2 Å². The van der Waals surface area contributed by atoms with Crippen molar-refractivity contribution >= 4 is 5.97 Å². The number of hydrogen-bond acceptors (Lipinski definition) is 15. The molecular weight excluding hydrogens is 732 g/mol. The van der Waals surface area contributed by atoms with Crippen LogP contribution < -0.4 is 0 Å². The van der Waals surface area contributed by atoms with Crippen molar-refractivity contribution in [1.82, 2.24) is 0 Å². The highest BCUT2D eigenvalue weighted by Crippen LogP contribution is 2.57. The highest BCUT2D eigenvalue weighted by molar-refractivity contribution is 5.74. The zero-order valence-electron chi connectivity index (χ0n) is 33.7. The van der Waals surface area contributed by atoms with Crippen LogP contribution in [0.2, 0.25) is 0 Å². The van der Waals surface area contributed by atoms with Crippen LogP contribution in [0.15, 0.2) is 23.5 Å². The third kappa shape index (κ3) is 7.51. The van der Waals surface area contributed by atoms with Gasteiger partial charge in [0.25, 0.3) is 0 Å². The number of aliphatic hydroxyl groups is 3. The maximum atomic E-state index is 13.7. The van der Waals surface area contributed by atoms with Crippen LogP contribution in [0.5, 0.6) is 0 Å². The van der Waals surface area contributed by atoms with Crippen LogP contribution in [0.25, 0.3) is 0 Å². The Labute approximate surface area is 329 Å². The summed E-state index contributed by atoms with van der Waals surface area (Å²) in [5.41, 5.74) is 1.92. The van der Waals surface area contributed by atoms with Crippen molar-refractivity contribution in [1.29, 1.82) is 0 Å². The number of aliphatic hydroxyl groups excluding tert-OH is 3. The molecule has 15 heteroatoms. The minimum atomic E-state index is -0.897. The quantitative estimate of drug-likeness (QED) is 0.241. The molecular formula is C41H62O15. The molecule has 20 atom stereocenters. The van der Waals surface area contributed by atoms with E-state index in [-0.39, 0.29) is 36.2 Å². The van der Waals surface area contributed by atoms with Crippen molar-refractivity contribution in [2.45, 2.75) is 184 Å². The Morgan fingerprint density at radius 1 is 0.804 bits per heavy atom. The minimum absolute atomic E-state index is 0.00811. The number of esters is 1. The number of allylic oxidation sites excluding steroid dienone is 1. The Balaban J connectivity index is 0.868. The summed E-state index contributed by atoms with van der Waals surface area (Å²) in [5.74, 6) is -1.40. The molecule has 0 unspecified atom stereocenters. The van der Waals surface area contributed by atoms with E-state index in [1.54, 1.807) is 27.4 Å². The van der Waals surface area contributed by atoms with E-state index in [2.05, 4.69) is 13.0 Å². The summed E-state index contributed by atoms with van der Waals surface area (Å²) >= 11 is 0. The van der Waals surface area contributed by atoms with Crippen LogP contribution in [0.3, 0.4) is 0 Å². The minimum Gasteiger partial charge on any atom is -0.469 e. The third-order valence-electron chi connectivity index (χ3n) is 14.2. The van der Waals surface area contributed by atoms with Gasteiger partial charge in [-0.1, -0.05) is 18.6 Å². The third-order valence-corrected chi connectivity index (χ3v) is 14.2. The lowest BCUT2D eigenvalue weighted by atomic mass is 9.55. The molecule has 1 saturated carbocycles. The molecule has 0 amide bonds. The molecule has 6 aliphatic heterocycles. The summed E-state index contributed by atoms with van der Waals surface area (Å²) in [4.78, 5) is 13.7. The molecule has 0 spiro atoms. The Morgan fingerprint density at radius 2 is 1.46 bits per heavy atom. The fourth-order valence-electron chi connectivity index (χ4n) is 11.1. The molecule has 0 aromatic heterocycles. The van der Waals surface area contributed by atoms with Gasteiger partial charge in [0.1, 0.15) is 24.4 Å². The maximum absolute atomic E-state index is 13.7. The summed E-state index contributed by atoms with van der Waals surface area (Å²) in [6, 6.07) is 0. The second-order valence-corrected chi connectivity index (χ2v) is 17.7. The fraction of sp³-hybridized carbons (Fsp3) is 0.878. The Hall–Kier alpha value is -1.73. The first kappa shape index (κ1) is 41.0. The molecule has 5 saturated heterocycles. The summed E-state index contributed by atoms with van der Waals surface area (Å²) in [7, 11) is 3.16. The van der Waals surface area contributed by atoms with E-state index in [9.17, 15) is 20.1 Å². The van der Waals surface area contributed by atoms with Crippen LogP contribution in [0, 0.1) is 23.2 Å². The van der Waals surface area contributed by atoms with Crippen molar-refractivity contribution in [2.75, 3.05) is 20.8 Å². The molecule has 56 heavy (non-hydrogen) atoms. The van der Waals surface area contributed by atoms with Crippen LogP contribution >= 0.6 is 0 Å². The van der Waals surface area contributed by atoms with Gasteiger partial charge < -0.3 is 67.4 Å². The number of carbonyl (C=O) groups excluding carboxylic acids is 1. The second-order valence-electron chi connectivity index (χ2n) is 17.7. The molecule has 3 N–H and O–H groups in total. The zero-order chi connectivity index (χ0) is 39.7. The Morgan fingerprint density at radius 3 is 2.20 bits per heavy atom. The highest BCUT2D eigenvalue weighted by Gasteiger charge is 2.59. The first-order valence-electron chi connectivity index (χ1n) is 20.6. The average Bonchev–Trinajstić information content (AvgIpc) is 3.67. The van der Waals surface area contributed by atoms with E-state index < -0.39 is 97.2 Å². The lowest BCUT2D eigenvalue weighted by molar-refractivity contribution is -0.338. The van der Waals surface area contributed by atoms with Gasteiger partial charge in [0.2, 0.25) is 5.79 Å². The van der Waals surface area contributed by atoms with Gasteiger partial charge >= 0.3 is 5.97 Å². The van der Waals surface area contributed by atoms with Gasteiger partial charge in [-0.25, -0.2) is 0 Å². The van der Waals surface area contributed by atoms with E-state index in [0.717, 1.165) is 18.4 Å². The van der Waals surface area contributed by atoms with Gasteiger partial charge in [-0.05, 0) is 69.8 Å². The second kappa shape index (κ2) is 16.0. The average molecular weight is 795 g/mol. The number of methoxy groups -OCH3 is 2. The zero-order valence-corrected chi connectivity index (χ0v) is 33.7. The largest absolute Gasteiger partial charge is 0.469 e. The van der Waals surface area contributed by atoms with Crippen molar-refractivity contribution in [2.24, 2.45) is 23.2 Å². The van der Waals surface area contributed by atoms with Gasteiger partial charge in [-0.3, -0.25) is 4.79 Å². The molecule has 8 rings (SSSR count). The smallest absolute Gasteiger partial charge is 0.309 e.